The number of aromatic amines is 1. The number of aromatic carboxylic acids is 3. The fourth-order valence-corrected chi connectivity index (χ4v) is 2.86. The second-order valence-electron chi connectivity index (χ2n) is 5.89. The topological polar surface area (TPSA) is 184 Å². The standard InChI is InChI=1S/C19H13N3O7/c20-15-13(18(26)27)12(14(19(28)29)16(23)22-15)9-6-4-8(5-7-9)10-2-1-3-11(21-10)17(24)25/h1-7H,(H,24,25)(H,26,27)(H,28,29)(H3,20,22,23). The van der Waals surface area contributed by atoms with E-state index in [1.807, 2.05) is 4.98 Å². The molecule has 2 heterocycles. The van der Waals surface area contributed by atoms with Gasteiger partial charge in [0.05, 0.1) is 5.69 Å². The number of nitrogens with two attached hydrogens (primary N) is 1. The quantitative estimate of drug-likeness (QED) is 0.429. The third-order valence-corrected chi connectivity index (χ3v) is 4.11. The monoisotopic (exact) mass is 395 g/mol. The van der Waals surface area contributed by atoms with Gasteiger partial charge in [0.1, 0.15) is 22.6 Å². The van der Waals surface area contributed by atoms with Crippen molar-refractivity contribution in [3.63, 3.8) is 0 Å². The van der Waals surface area contributed by atoms with Crippen molar-refractivity contribution in [2.24, 2.45) is 0 Å². The molecule has 10 nitrogen and oxygen atoms in total. The average Bonchev–Trinajstić information content (AvgIpc) is 2.67. The van der Waals surface area contributed by atoms with Gasteiger partial charge >= 0.3 is 17.9 Å². The Labute approximate surface area is 161 Å². The summed E-state index contributed by atoms with van der Waals surface area (Å²) in [6.45, 7) is 0. The van der Waals surface area contributed by atoms with Gasteiger partial charge in [-0.2, -0.15) is 0 Å². The number of hydrogen-bond acceptors (Lipinski definition) is 6. The van der Waals surface area contributed by atoms with E-state index in [1.54, 1.807) is 6.07 Å². The first kappa shape index (κ1) is 19.3. The van der Waals surface area contributed by atoms with E-state index in [9.17, 15) is 29.4 Å². The maximum atomic E-state index is 12.1. The Kier molecular flexibility index (Phi) is 4.84. The molecule has 0 aliphatic rings. The Morgan fingerprint density at radius 2 is 1.41 bits per heavy atom. The zero-order chi connectivity index (χ0) is 21.3. The second kappa shape index (κ2) is 7.27. The van der Waals surface area contributed by atoms with Crippen LogP contribution in [0.3, 0.4) is 0 Å². The van der Waals surface area contributed by atoms with Crippen LogP contribution in [0.1, 0.15) is 31.2 Å². The summed E-state index contributed by atoms with van der Waals surface area (Å²) in [7, 11) is 0. The Morgan fingerprint density at radius 3 is 1.97 bits per heavy atom. The number of carboxylic acid groups (broad SMARTS) is 3. The SMILES string of the molecule is Nc1[nH]c(=O)c(C(=O)O)c(-c2ccc(-c3cccc(C(=O)O)n3)cc2)c1C(=O)O. The minimum Gasteiger partial charge on any atom is -0.478 e. The van der Waals surface area contributed by atoms with Crippen LogP contribution < -0.4 is 11.3 Å². The zero-order valence-electron chi connectivity index (χ0n) is 14.5. The summed E-state index contributed by atoms with van der Waals surface area (Å²) in [5, 5.41) is 27.9. The molecule has 0 saturated heterocycles. The van der Waals surface area contributed by atoms with E-state index < -0.39 is 40.4 Å². The molecule has 0 spiro atoms. The van der Waals surface area contributed by atoms with Gasteiger partial charge in [-0.3, -0.25) is 4.79 Å². The smallest absolute Gasteiger partial charge is 0.354 e. The van der Waals surface area contributed by atoms with Gasteiger partial charge in [0.15, 0.2) is 0 Å². The molecule has 1 aromatic carbocycles. The number of H-pyrrole nitrogens is 1. The summed E-state index contributed by atoms with van der Waals surface area (Å²) in [4.78, 5) is 52.4. The molecule has 0 saturated carbocycles. The van der Waals surface area contributed by atoms with Crippen LogP contribution in [0.2, 0.25) is 0 Å². The molecule has 0 aliphatic heterocycles. The Morgan fingerprint density at radius 1 is 0.828 bits per heavy atom. The van der Waals surface area contributed by atoms with E-state index in [0.717, 1.165) is 0 Å². The molecule has 3 aromatic rings. The molecule has 0 fully saturated rings. The number of rotatable bonds is 5. The maximum Gasteiger partial charge on any atom is 0.354 e. The van der Waals surface area contributed by atoms with Crippen molar-refractivity contribution in [1.82, 2.24) is 9.97 Å². The van der Waals surface area contributed by atoms with Gasteiger partial charge in [0, 0.05) is 11.1 Å². The fourth-order valence-electron chi connectivity index (χ4n) is 2.86. The lowest BCUT2D eigenvalue weighted by Gasteiger charge is -2.12. The lowest BCUT2D eigenvalue weighted by molar-refractivity contribution is 0.0679. The van der Waals surface area contributed by atoms with Crippen LogP contribution in [-0.4, -0.2) is 43.2 Å². The van der Waals surface area contributed by atoms with Crippen LogP contribution in [0, 0.1) is 0 Å². The number of benzene rings is 1. The summed E-state index contributed by atoms with van der Waals surface area (Å²) in [5.74, 6) is -4.78. The van der Waals surface area contributed by atoms with Crippen molar-refractivity contribution >= 4 is 23.7 Å². The maximum absolute atomic E-state index is 12.1. The number of nitrogens with zero attached hydrogens (tertiary/aromatic N) is 1. The first-order chi connectivity index (χ1) is 13.7. The van der Waals surface area contributed by atoms with Gasteiger partial charge in [0.25, 0.3) is 5.56 Å². The van der Waals surface area contributed by atoms with Crippen LogP contribution >= 0.6 is 0 Å². The van der Waals surface area contributed by atoms with Crippen LogP contribution in [0.4, 0.5) is 5.82 Å². The van der Waals surface area contributed by atoms with Gasteiger partial charge in [-0.05, 0) is 17.7 Å². The Balaban J connectivity index is 2.19. The lowest BCUT2D eigenvalue weighted by Crippen LogP contribution is -2.24. The predicted octanol–water partition coefficient (Wildman–Crippen LogP) is 1.78. The Hall–Kier alpha value is -4.47. The normalized spacial score (nSPS) is 10.5. The van der Waals surface area contributed by atoms with Gasteiger partial charge in [-0.15, -0.1) is 0 Å². The highest BCUT2D eigenvalue weighted by Crippen LogP contribution is 2.30. The summed E-state index contributed by atoms with van der Waals surface area (Å²) < 4.78 is 0. The molecule has 6 N–H and O–H groups in total. The molecule has 3 rings (SSSR count). The number of aromatic nitrogens is 2. The van der Waals surface area contributed by atoms with Gasteiger partial charge in [0.2, 0.25) is 0 Å². The van der Waals surface area contributed by atoms with E-state index >= 15 is 0 Å². The van der Waals surface area contributed by atoms with Crippen molar-refractivity contribution in [1.29, 1.82) is 0 Å². The van der Waals surface area contributed by atoms with E-state index in [-0.39, 0.29) is 16.8 Å². The number of anilines is 1. The molecule has 2 aromatic heterocycles. The molecular formula is C19H13N3O7. The zero-order valence-corrected chi connectivity index (χ0v) is 14.5. The van der Waals surface area contributed by atoms with Crippen LogP contribution in [0.15, 0.2) is 47.3 Å². The molecule has 0 atom stereocenters. The van der Waals surface area contributed by atoms with Gasteiger partial charge in [-0.1, -0.05) is 30.3 Å². The molecule has 0 amide bonds. The van der Waals surface area contributed by atoms with Crippen molar-refractivity contribution in [3.05, 3.63) is 69.6 Å². The summed E-state index contributed by atoms with van der Waals surface area (Å²) in [6, 6.07) is 10.2. The molecule has 146 valence electrons. The van der Waals surface area contributed by atoms with Gasteiger partial charge in [-0.25, -0.2) is 19.4 Å². The number of pyridine rings is 2. The van der Waals surface area contributed by atoms with Gasteiger partial charge < -0.3 is 26.0 Å². The first-order valence-corrected chi connectivity index (χ1v) is 8.04. The second-order valence-corrected chi connectivity index (χ2v) is 5.89. The fraction of sp³-hybridized carbons (Fsp3) is 0. The van der Waals surface area contributed by atoms with E-state index in [0.29, 0.717) is 11.3 Å². The predicted molar refractivity (Wildman–Crippen MR) is 101 cm³/mol. The molecule has 0 bridgehead atoms. The molecule has 0 unspecified atom stereocenters. The molecule has 0 radical (unpaired) electrons. The van der Waals surface area contributed by atoms with Crippen LogP contribution in [0.25, 0.3) is 22.4 Å². The number of carboxylic acids is 3. The highest BCUT2D eigenvalue weighted by molar-refractivity contribution is 6.07. The van der Waals surface area contributed by atoms with Crippen molar-refractivity contribution < 1.29 is 29.7 Å². The summed E-state index contributed by atoms with van der Waals surface area (Å²) in [5.41, 5.74) is 3.77. The largest absolute Gasteiger partial charge is 0.478 e. The minimum absolute atomic E-state index is 0.135. The number of nitrogens with one attached hydrogen (secondary N) is 1. The van der Waals surface area contributed by atoms with Crippen molar-refractivity contribution in [2.75, 3.05) is 5.73 Å². The third-order valence-electron chi connectivity index (χ3n) is 4.11. The Bertz CT molecular complexity index is 1210. The lowest BCUT2D eigenvalue weighted by atomic mass is 9.94. The third kappa shape index (κ3) is 3.54. The highest BCUT2D eigenvalue weighted by Gasteiger charge is 2.26. The minimum atomic E-state index is -1.61. The van der Waals surface area contributed by atoms with Crippen molar-refractivity contribution in [3.8, 4) is 22.4 Å². The average molecular weight is 395 g/mol. The van der Waals surface area contributed by atoms with E-state index in [4.69, 9.17) is 10.8 Å². The first-order valence-electron chi connectivity index (χ1n) is 8.04. The van der Waals surface area contributed by atoms with Crippen LogP contribution in [0.5, 0.6) is 0 Å². The highest BCUT2D eigenvalue weighted by atomic mass is 16.4. The number of nitrogen functional groups attached to an aromatic ring is 1. The van der Waals surface area contributed by atoms with E-state index in [1.165, 1.54) is 36.4 Å². The van der Waals surface area contributed by atoms with Crippen molar-refractivity contribution in [2.45, 2.75) is 0 Å². The molecular weight excluding hydrogens is 382 g/mol. The van der Waals surface area contributed by atoms with Crippen LogP contribution in [-0.2, 0) is 0 Å². The molecule has 0 aliphatic carbocycles. The van der Waals surface area contributed by atoms with E-state index in [2.05, 4.69) is 4.98 Å². The summed E-state index contributed by atoms with van der Waals surface area (Å²) >= 11 is 0. The number of carbonyl (C=O) groups is 3. The molecule has 10 heteroatoms. The summed E-state index contributed by atoms with van der Waals surface area (Å²) in [6.07, 6.45) is 0. The number of hydrogen-bond donors (Lipinski definition) is 5. The molecule has 29 heavy (non-hydrogen) atoms.